The lowest BCUT2D eigenvalue weighted by Gasteiger charge is -2.10. The van der Waals surface area contributed by atoms with Crippen molar-refractivity contribution < 1.29 is 19.4 Å². The Hall–Kier alpha value is -2.36. The molecule has 1 N–H and O–H groups in total. The van der Waals surface area contributed by atoms with E-state index in [0.717, 1.165) is 5.56 Å². The Morgan fingerprint density at radius 3 is 2.68 bits per heavy atom. The Balaban J connectivity index is 2.20. The van der Waals surface area contributed by atoms with Gasteiger partial charge < -0.3 is 9.84 Å². The summed E-state index contributed by atoms with van der Waals surface area (Å²) < 4.78 is 5.43. The highest BCUT2D eigenvalue weighted by Crippen LogP contribution is 2.20. The molecule has 1 aliphatic carbocycles. The molecule has 4 heteroatoms. The van der Waals surface area contributed by atoms with E-state index in [0.29, 0.717) is 12.8 Å². The first-order valence-corrected chi connectivity index (χ1v) is 6.02. The molecular weight excluding hydrogens is 244 g/mol. The van der Waals surface area contributed by atoms with Crippen LogP contribution in [0.15, 0.2) is 53.8 Å². The molecule has 0 atom stereocenters. The molecule has 0 heterocycles. The van der Waals surface area contributed by atoms with Gasteiger partial charge in [0.25, 0.3) is 0 Å². The minimum absolute atomic E-state index is 0.0472. The molecule has 0 radical (unpaired) electrons. The second-order valence-corrected chi connectivity index (χ2v) is 4.19. The minimum Gasteiger partial charge on any atom is -0.484 e. The maximum atomic E-state index is 11.8. The summed E-state index contributed by atoms with van der Waals surface area (Å²) in [6.45, 7) is 0.187. The third-order valence-corrected chi connectivity index (χ3v) is 2.81. The topological polar surface area (TPSA) is 63.6 Å². The normalized spacial score (nSPS) is 15.3. The van der Waals surface area contributed by atoms with E-state index in [9.17, 15) is 9.59 Å². The second kappa shape index (κ2) is 6.00. The van der Waals surface area contributed by atoms with Crippen molar-refractivity contribution in [2.75, 3.05) is 0 Å². The molecule has 98 valence electrons. The average Bonchev–Trinajstić information content (AvgIpc) is 2.59. The summed E-state index contributed by atoms with van der Waals surface area (Å²) >= 11 is 0. The van der Waals surface area contributed by atoms with Gasteiger partial charge in [0.1, 0.15) is 6.61 Å². The van der Waals surface area contributed by atoms with Gasteiger partial charge in [-0.25, -0.2) is 4.79 Å². The lowest BCUT2D eigenvalue weighted by molar-refractivity contribution is -0.133. The van der Waals surface area contributed by atoms with Gasteiger partial charge in [-0.3, -0.25) is 4.79 Å². The summed E-state index contributed by atoms with van der Waals surface area (Å²) in [6.07, 6.45) is 3.88. The Labute approximate surface area is 111 Å². The van der Waals surface area contributed by atoms with E-state index in [1.54, 1.807) is 6.08 Å². The maximum absolute atomic E-state index is 11.8. The first-order valence-electron chi connectivity index (χ1n) is 6.02. The Morgan fingerprint density at radius 2 is 2.00 bits per heavy atom. The predicted octanol–water partition coefficient (Wildman–Crippen LogP) is 2.46. The van der Waals surface area contributed by atoms with Crippen molar-refractivity contribution in [1.29, 1.82) is 0 Å². The van der Waals surface area contributed by atoms with E-state index < -0.39 is 5.97 Å². The summed E-state index contributed by atoms with van der Waals surface area (Å²) in [5.41, 5.74) is 0.937. The minimum atomic E-state index is -1.10. The molecule has 0 bridgehead atoms. The van der Waals surface area contributed by atoms with Crippen molar-refractivity contribution in [3.8, 4) is 0 Å². The van der Waals surface area contributed by atoms with Crippen molar-refractivity contribution in [1.82, 2.24) is 0 Å². The molecule has 19 heavy (non-hydrogen) atoms. The molecule has 1 aromatic carbocycles. The Bertz CT molecular complexity index is 541. The number of ether oxygens (including phenoxy) is 1. The van der Waals surface area contributed by atoms with E-state index >= 15 is 0 Å². The molecule has 2 rings (SSSR count). The summed E-state index contributed by atoms with van der Waals surface area (Å²) in [5.74, 6) is -1.53. The summed E-state index contributed by atoms with van der Waals surface area (Å²) in [7, 11) is 0. The Kier molecular flexibility index (Phi) is 4.13. The third-order valence-electron chi connectivity index (χ3n) is 2.81. The molecule has 1 aliphatic rings. The largest absolute Gasteiger partial charge is 0.484 e. The van der Waals surface area contributed by atoms with Crippen LogP contribution in [-0.4, -0.2) is 16.9 Å². The predicted molar refractivity (Wildman–Crippen MR) is 69.3 cm³/mol. The molecule has 0 spiro atoms. The molecule has 0 aromatic heterocycles. The van der Waals surface area contributed by atoms with Crippen LogP contribution >= 0.6 is 0 Å². The molecule has 1 aromatic rings. The van der Waals surface area contributed by atoms with Crippen LogP contribution in [0.3, 0.4) is 0 Å². The van der Waals surface area contributed by atoms with E-state index in [-0.39, 0.29) is 23.7 Å². The number of carbonyl (C=O) groups excluding carboxylic acids is 1. The van der Waals surface area contributed by atoms with Crippen molar-refractivity contribution in [3.05, 3.63) is 59.4 Å². The first kappa shape index (κ1) is 13.1. The van der Waals surface area contributed by atoms with Crippen LogP contribution in [0.4, 0.5) is 0 Å². The fraction of sp³-hybridized carbons (Fsp3) is 0.200. The van der Waals surface area contributed by atoms with Gasteiger partial charge in [-0.1, -0.05) is 36.4 Å². The Morgan fingerprint density at radius 1 is 1.26 bits per heavy atom. The van der Waals surface area contributed by atoms with E-state index in [1.807, 2.05) is 30.3 Å². The van der Waals surface area contributed by atoms with Gasteiger partial charge in [0.15, 0.2) is 5.76 Å². The van der Waals surface area contributed by atoms with Gasteiger partial charge in [-0.2, -0.15) is 0 Å². The third kappa shape index (κ3) is 3.31. The first-order chi connectivity index (χ1) is 9.18. The zero-order valence-corrected chi connectivity index (χ0v) is 10.3. The molecule has 0 aliphatic heterocycles. The molecule has 0 fully saturated rings. The van der Waals surface area contributed by atoms with Crippen LogP contribution in [0, 0.1) is 0 Å². The average molecular weight is 258 g/mol. The van der Waals surface area contributed by atoms with E-state index in [1.165, 1.54) is 6.08 Å². The van der Waals surface area contributed by atoms with Crippen LogP contribution in [0.2, 0.25) is 0 Å². The monoisotopic (exact) mass is 258 g/mol. The molecule has 0 amide bonds. The molecule has 4 nitrogen and oxygen atoms in total. The SMILES string of the molecule is O=C(O)C1=C(OCc2ccccc2)C(=O)C=CCC1. The zero-order chi connectivity index (χ0) is 13.7. The number of aliphatic carboxylic acids is 1. The van der Waals surface area contributed by atoms with Crippen molar-refractivity contribution >= 4 is 11.8 Å². The van der Waals surface area contributed by atoms with Crippen molar-refractivity contribution in [2.45, 2.75) is 19.4 Å². The highest BCUT2D eigenvalue weighted by Gasteiger charge is 2.22. The molecule has 0 unspecified atom stereocenters. The van der Waals surface area contributed by atoms with Crippen LogP contribution < -0.4 is 0 Å². The number of benzene rings is 1. The van der Waals surface area contributed by atoms with E-state index in [4.69, 9.17) is 9.84 Å². The van der Waals surface area contributed by atoms with Crippen LogP contribution in [0.25, 0.3) is 0 Å². The van der Waals surface area contributed by atoms with Gasteiger partial charge >= 0.3 is 5.97 Å². The lowest BCUT2D eigenvalue weighted by Crippen LogP contribution is -2.12. The van der Waals surface area contributed by atoms with Crippen LogP contribution in [0.5, 0.6) is 0 Å². The summed E-state index contributed by atoms with van der Waals surface area (Å²) in [5, 5.41) is 9.13. The van der Waals surface area contributed by atoms with Crippen LogP contribution in [-0.2, 0) is 20.9 Å². The number of carbonyl (C=O) groups is 2. The second-order valence-electron chi connectivity index (χ2n) is 4.19. The highest BCUT2D eigenvalue weighted by atomic mass is 16.5. The fourth-order valence-electron chi connectivity index (χ4n) is 1.85. The van der Waals surface area contributed by atoms with E-state index in [2.05, 4.69) is 0 Å². The summed E-state index contributed by atoms with van der Waals surface area (Å²) in [4.78, 5) is 23.0. The van der Waals surface area contributed by atoms with Gasteiger partial charge in [0.05, 0.1) is 5.57 Å². The lowest BCUT2D eigenvalue weighted by atomic mass is 10.1. The maximum Gasteiger partial charge on any atom is 0.335 e. The number of ketones is 1. The standard InChI is InChI=1S/C15H14O4/c16-13-9-5-4-8-12(15(17)18)14(13)19-10-11-6-2-1-3-7-11/h1-3,5-7,9H,4,8,10H2,(H,17,18). The van der Waals surface area contributed by atoms with Crippen molar-refractivity contribution in [2.24, 2.45) is 0 Å². The van der Waals surface area contributed by atoms with Gasteiger partial charge in [-0.15, -0.1) is 0 Å². The fourth-order valence-corrected chi connectivity index (χ4v) is 1.85. The summed E-state index contributed by atoms with van der Waals surface area (Å²) in [6, 6.07) is 9.32. The van der Waals surface area contributed by atoms with Gasteiger partial charge in [0, 0.05) is 0 Å². The van der Waals surface area contributed by atoms with Crippen LogP contribution in [0.1, 0.15) is 18.4 Å². The van der Waals surface area contributed by atoms with Gasteiger partial charge in [0.2, 0.25) is 5.78 Å². The number of hydrogen-bond donors (Lipinski definition) is 1. The molecule has 0 saturated carbocycles. The van der Waals surface area contributed by atoms with Crippen molar-refractivity contribution in [3.63, 3.8) is 0 Å². The number of carboxylic acids is 1. The number of hydrogen-bond acceptors (Lipinski definition) is 3. The number of carboxylic acid groups (broad SMARTS) is 1. The van der Waals surface area contributed by atoms with Gasteiger partial charge in [-0.05, 0) is 24.5 Å². The number of allylic oxidation sites excluding steroid dienone is 2. The molecule has 0 saturated heterocycles. The quantitative estimate of drug-likeness (QED) is 0.901. The smallest absolute Gasteiger partial charge is 0.335 e. The number of rotatable bonds is 4. The highest BCUT2D eigenvalue weighted by molar-refractivity contribution is 6.08. The zero-order valence-electron chi connectivity index (χ0n) is 10.3. The molecular formula is C15H14O4.